The quantitative estimate of drug-likeness (QED) is 0.596. The van der Waals surface area contributed by atoms with Crippen LogP contribution < -0.4 is 10.7 Å². The van der Waals surface area contributed by atoms with E-state index in [0.29, 0.717) is 0 Å². The molecule has 0 unspecified atom stereocenters. The number of hydrogen-bond donors (Lipinski definition) is 2. The van der Waals surface area contributed by atoms with Gasteiger partial charge in [-0.1, -0.05) is 18.2 Å². The van der Waals surface area contributed by atoms with Crippen molar-refractivity contribution in [1.82, 2.24) is 4.83 Å². The zero-order valence-electron chi connectivity index (χ0n) is 9.21. The van der Waals surface area contributed by atoms with Crippen LogP contribution in [0.4, 0.5) is 0 Å². The van der Waals surface area contributed by atoms with Gasteiger partial charge in [-0.05, 0) is 26.0 Å². The molecule has 3 N–H and O–H groups in total. The number of hydrazine groups is 1. The maximum Gasteiger partial charge on any atom is 0.253 e. The summed E-state index contributed by atoms with van der Waals surface area (Å²) in [7, 11) is -3.47. The first kappa shape index (κ1) is 14.6. The molecule has 0 radical (unpaired) electrons. The highest BCUT2D eigenvalue weighted by atomic mass is 32.2. The number of nitriles is 1. The minimum absolute atomic E-state index is 0.169. The Kier molecular flexibility index (Phi) is 6.34. The zero-order valence-corrected chi connectivity index (χ0v) is 10.0. The average Bonchev–Trinajstić information content (AvgIpc) is 2.31. The third-order valence-electron chi connectivity index (χ3n) is 1.47. The van der Waals surface area contributed by atoms with Crippen LogP contribution in [0.15, 0.2) is 35.2 Å². The van der Waals surface area contributed by atoms with Crippen LogP contribution >= 0.6 is 0 Å². The van der Waals surface area contributed by atoms with Gasteiger partial charge in [0.2, 0.25) is 0 Å². The second-order valence-electron chi connectivity index (χ2n) is 3.22. The van der Waals surface area contributed by atoms with Crippen LogP contribution in [-0.2, 0) is 10.0 Å². The van der Waals surface area contributed by atoms with Crippen LogP contribution in [0.5, 0.6) is 0 Å². The largest absolute Gasteiger partial charge is 0.257 e. The molecule has 5 nitrogen and oxygen atoms in total. The van der Waals surface area contributed by atoms with Crippen molar-refractivity contribution in [2.45, 2.75) is 18.7 Å². The van der Waals surface area contributed by atoms with Gasteiger partial charge >= 0.3 is 0 Å². The molecule has 0 aliphatic carbocycles. The van der Waals surface area contributed by atoms with Crippen molar-refractivity contribution in [1.29, 1.82) is 5.26 Å². The number of rotatable bonds is 2. The van der Waals surface area contributed by atoms with Crippen LogP contribution in [0.1, 0.15) is 13.8 Å². The van der Waals surface area contributed by atoms with Crippen molar-refractivity contribution in [2.24, 2.45) is 11.8 Å². The van der Waals surface area contributed by atoms with Gasteiger partial charge in [-0.3, -0.25) is 5.84 Å². The summed E-state index contributed by atoms with van der Waals surface area (Å²) in [5, 5.41) is 7.89. The molecule has 0 aliphatic rings. The van der Waals surface area contributed by atoms with E-state index in [1.807, 2.05) is 19.9 Å². The molecule has 0 saturated heterocycles. The van der Waals surface area contributed by atoms with E-state index in [4.69, 9.17) is 11.1 Å². The molecular formula is C10H15N3O2S. The van der Waals surface area contributed by atoms with Gasteiger partial charge in [-0.25, -0.2) is 8.42 Å². The molecule has 88 valence electrons. The molecule has 1 aromatic rings. The van der Waals surface area contributed by atoms with E-state index in [-0.39, 0.29) is 10.8 Å². The van der Waals surface area contributed by atoms with Crippen molar-refractivity contribution < 1.29 is 8.42 Å². The SMILES string of the molecule is CC(C)C#N.NNS(=O)(=O)c1ccccc1. The first-order chi connectivity index (χ1) is 7.44. The van der Waals surface area contributed by atoms with Crippen molar-refractivity contribution in [3.05, 3.63) is 30.3 Å². The Morgan fingerprint density at radius 2 is 1.75 bits per heavy atom. The lowest BCUT2D eigenvalue weighted by molar-refractivity contribution is 0.584. The molecule has 0 aliphatic heterocycles. The number of nitrogens with two attached hydrogens (primary N) is 1. The normalized spacial score (nSPS) is 10.2. The fourth-order valence-electron chi connectivity index (χ4n) is 0.668. The molecule has 0 aromatic heterocycles. The maximum absolute atomic E-state index is 11.0. The van der Waals surface area contributed by atoms with E-state index in [1.165, 1.54) is 12.1 Å². The number of nitrogens with one attached hydrogen (secondary N) is 1. The first-order valence-electron chi connectivity index (χ1n) is 4.61. The van der Waals surface area contributed by atoms with E-state index in [1.54, 1.807) is 23.0 Å². The Labute approximate surface area is 95.9 Å². The molecular weight excluding hydrogens is 226 g/mol. The molecule has 0 spiro atoms. The summed E-state index contributed by atoms with van der Waals surface area (Å²) >= 11 is 0. The zero-order chi connectivity index (χ0) is 12.6. The van der Waals surface area contributed by atoms with Crippen LogP contribution in [0.25, 0.3) is 0 Å². The molecule has 0 fully saturated rings. The Balaban J connectivity index is 0.000000385. The van der Waals surface area contributed by atoms with E-state index >= 15 is 0 Å². The summed E-state index contributed by atoms with van der Waals surface area (Å²) in [5.41, 5.74) is 0. The number of nitrogens with zero attached hydrogens (tertiary/aromatic N) is 1. The summed E-state index contributed by atoms with van der Waals surface area (Å²) in [6.07, 6.45) is 0. The summed E-state index contributed by atoms with van der Waals surface area (Å²) in [4.78, 5) is 1.90. The number of hydrogen-bond acceptors (Lipinski definition) is 4. The minimum atomic E-state index is -3.47. The van der Waals surface area contributed by atoms with Crippen LogP contribution in [0, 0.1) is 17.2 Å². The number of benzene rings is 1. The van der Waals surface area contributed by atoms with Crippen LogP contribution in [0.3, 0.4) is 0 Å². The first-order valence-corrected chi connectivity index (χ1v) is 6.09. The standard InChI is InChI=1S/C6H8N2O2S.C4H7N/c7-8-11(9,10)6-4-2-1-3-5-6;1-4(2)3-5/h1-5,8H,7H2;4H,1-2H3. The van der Waals surface area contributed by atoms with E-state index in [0.717, 1.165) is 0 Å². The predicted octanol–water partition coefficient (Wildman–Crippen LogP) is 1.00. The van der Waals surface area contributed by atoms with Gasteiger partial charge in [0.1, 0.15) is 0 Å². The molecule has 0 saturated carbocycles. The van der Waals surface area contributed by atoms with E-state index < -0.39 is 10.0 Å². The average molecular weight is 241 g/mol. The summed E-state index contributed by atoms with van der Waals surface area (Å²) in [6.45, 7) is 3.72. The lowest BCUT2D eigenvalue weighted by Crippen LogP contribution is -2.30. The van der Waals surface area contributed by atoms with Crippen molar-refractivity contribution >= 4 is 10.0 Å². The van der Waals surface area contributed by atoms with E-state index in [9.17, 15) is 8.42 Å². The third kappa shape index (κ3) is 5.46. The Bertz CT molecular complexity index is 435. The maximum atomic E-state index is 11.0. The summed E-state index contributed by atoms with van der Waals surface area (Å²) in [5.74, 6) is 4.99. The molecule has 0 atom stereocenters. The monoisotopic (exact) mass is 241 g/mol. The highest BCUT2D eigenvalue weighted by molar-refractivity contribution is 7.89. The molecule has 0 amide bonds. The molecule has 16 heavy (non-hydrogen) atoms. The topological polar surface area (TPSA) is 96.0 Å². The fraction of sp³-hybridized carbons (Fsp3) is 0.300. The lowest BCUT2D eigenvalue weighted by Gasteiger charge is -1.99. The van der Waals surface area contributed by atoms with Crippen molar-refractivity contribution in [3.63, 3.8) is 0 Å². The third-order valence-corrected chi connectivity index (χ3v) is 2.67. The molecule has 6 heteroatoms. The Hall–Kier alpha value is -1.42. The Morgan fingerprint density at radius 1 is 1.31 bits per heavy atom. The highest BCUT2D eigenvalue weighted by Crippen LogP contribution is 2.04. The van der Waals surface area contributed by atoms with Gasteiger partial charge in [0.15, 0.2) is 0 Å². The van der Waals surface area contributed by atoms with Crippen LogP contribution in [0.2, 0.25) is 0 Å². The fourth-order valence-corrected chi connectivity index (χ4v) is 1.32. The summed E-state index contributed by atoms with van der Waals surface area (Å²) < 4.78 is 21.9. The molecule has 1 rings (SSSR count). The Morgan fingerprint density at radius 3 is 2.06 bits per heavy atom. The van der Waals surface area contributed by atoms with Gasteiger partial charge in [0.25, 0.3) is 10.0 Å². The molecule has 0 heterocycles. The lowest BCUT2D eigenvalue weighted by atomic mass is 10.3. The van der Waals surface area contributed by atoms with Gasteiger partial charge in [-0.2, -0.15) is 10.1 Å². The predicted molar refractivity (Wildman–Crippen MR) is 61.4 cm³/mol. The van der Waals surface area contributed by atoms with E-state index in [2.05, 4.69) is 0 Å². The van der Waals surface area contributed by atoms with Crippen molar-refractivity contribution in [2.75, 3.05) is 0 Å². The minimum Gasteiger partial charge on any atom is -0.257 e. The molecule has 0 bridgehead atoms. The van der Waals surface area contributed by atoms with Crippen molar-refractivity contribution in [3.8, 4) is 6.07 Å². The van der Waals surface area contributed by atoms with Crippen LogP contribution in [-0.4, -0.2) is 8.42 Å². The highest BCUT2D eigenvalue weighted by Gasteiger charge is 2.08. The molecule has 1 aromatic carbocycles. The van der Waals surface area contributed by atoms with Gasteiger partial charge < -0.3 is 0 Å². The van der Waals surface area contributed by atoms with Gasteiger partial charge in [-0.15, -0.1) is 0 Å². The second kappa shape index (κ2) is 6.95. The van der Waals surface area contributed by atoms with Gasteiger partial charge in [0.05, 0.1) is 11.0 Å². The summed E-state index contributed by atoms with van der Waals surface area (Å²) in [6, 6.07) is 9.95. The smallest absolute Gasteiger partial charge is 0.253 e. The second-order valence-corrected chi connectivity index (χ2v) is 4.93. The number of sulfonamides is 1. The van der Waals surface area contributed by atoms with Gasteiger partial charge in [0, 0.05) is 5.92 Å².